The molecule has 0 aliphatic heterocycles. The summed E-state index contributed by atoms with van der Waals surface area (Å²) in [6.45, 7) is 16.2. The first-order valence-electron chi connectivity index (χ1n) is 34.7. The molecule has 2 heteroatoms. The number of fused-ring (bicyclic) bond motifs is 6. The fourth-order valence-corrected chi connectivity index (χ4v) is 15.9. The van der Waals surface area contributed by atoms with Crippen LogP contribution in [-0.4, -0.2) is 0 Å². The molecule has 0 saturated carbocycles. The monoisotopic (exact) mass is 1280 g/mol. The predicted molar refractivity (Wildman–Crippen MR) is 425 cm³/mol. The van der Waals surface area contributed by atoms with Gasteiger partial charge in [-0.2, -0.15) is 0 Å². The molecule has 100 heavy (non-hydrogen) atoms. The smallest absolute Gasteiger partial charge is 0.0462 e. The third-order valence-corrected chi connectivity index (χ3v) is 21.0. The Labute approximate surface area is 589 Å². The van der Waals surface area contributed by atoms with Crippen molar-refractivity contribution in [3.63, 3.8) is 0 Å². The van der Waals surface area contributed by atoms with Gasteiger partial charge < -0.3 is 9.80 Å². The second-order valence-electron chi connectivity index (χ2n) is 26.8. The average Bonchev–Trinajstić information content (AvgIpc) is 1.56. The molecular formula is C98H76N2. The molecule has 0 amide bonds. The molecule has 0 N–H and O–H groups in total. The summed E-state index contributed by atoms with van der Waals surface area (Å²) in [5.74, 6) is 0. The fourth-order valence-electron chi connectivity index (χ4n) is 15.9. The Morgan fingerprint density at radius 3 is 0.720 bits per heavy atom. The maximum Gasteiger partial charge on any atom is 0.0462 e. The van der Waals surface area contributed by atoms with Gasteiger partial charge in [0.15, 0.2) is 0 Å². The number of anilines is 6. The van der Waals surface area contributed by atoms with E-state index in [1.54, 1.807) is 0 Å². The molecule has 0 spiro atoms. The van der Waals surface area contributed by atoms with E-state index in [9.17, 15) is 0 Å². The highest BCUT2D eigenvalue weighted by atomic mass is 15.1. The third-order valence-electron chi connectivity index (χ3n) is 21.0. The van der Waals surface area contributed by atoms with E-state index in [-0.39, 0.29) is 10.8 Å². The van der Waals surface area contributed by atoms with E-state index >= 15 is 0 Å². The van der Waals surface area contributed by atoms with Crippen LogP contribution in [0, 0.1) is 0 Å². The number of hydrogen-bond acceptors (Lipinski definition) is 2. The van der Waals surface area contributed by atoms with Gasteiger partial charge in [-0.3, -0.25) is 0 Å². The maximum absolute atomic E-state index is 4.04. The Balaban J connectivity index is 0.680. The molecule has 0 bridgehead atoms. The van der Waals surface area contributed by atoms with Crippen molar-refractivity contribution in [1.82, 2.24) is 0 Å². The first-order chi connectivity index (χ1) is 49.3. The van der Waals surface area contributed by atoms with Crippen LogP contribution in [-0.2, 0) is 36.5 Å². The molecule has 0 heterocycles. The topological polar surface area (TPSA) is 6.48 Å². The normalized spacial score (nSPS) is 12.7. The van der Waals surface area contributed by atoms with Crippen LogP contribution in [0.15, 0.2) is 366 Å². The molecule has 0 radical (unpaired) electrons. The summed E-state index contributed by atoms with van der Waals surface area (Å²) < 4.78 is 0. The summed E-state index contributed by atoms with van der Waals surface area (Å²) >= 11 is 0. The predicted octanol–water partition coefficient (Wildman–Crippen LogP) is 25.7. The Bertz CT molecular complexity index is 4850. The molecule has 2 nitrogen and oxygen atoms in total. The van der Waals surface area contributed by atoms with E-state index in [0.717, 1.165) is 93.2 Å². The zero-order chi connectivity index (χ0) is 67.6. The van der Waals surface area contributed by atoms with Crippen molar-refractivity contribution in [2.75, 3.05) is 9.80 Å². The minimum Gasteiger partial charge on any atom is -0.311 e. The maximum atomic E-state index is 4.04. The largest absolute Gasteiger partial charge is 0.311 e. The van der Waals surface area contributed by atoms with Crippen LogP contribution in [0.25, 0.3) is 79.9 Å². The van der Waals surface area contributed by atoms with Crippen molar-refractivity contribution in [2.45, 2.75) is 36.5 Å². The van der Waals surface area contributed by atoms with Crippen LogP contribution < -0.4 is 9.80 Å². The van der Waals surface area contributed by atoms with Crippen LogP contribution >= 0.6 is 0 Å². The van der Waals surface area contributed by atoms with Gasteiger partial charge in [0, 0.05) is 45.0 Å². The van der Waals surface area contributed by atoms with Crippen LogP contribution in [0.3, 0.4) is 0 Å². The molecule has 2 aliphatic rings. The molecular weight excluding hydrogens is 1210 g/mol. The highest BCUT2D eigenvalue weighted by molar-refractivity contribution is 5.88. The Kier molecular flexibility index (Phi) is 16.8. The lowest BCUT2D eigenvalue weighted by atomic mass is 9.69. The van der Waals surface area contributed by atoms with Crippen molar-refractivity contribution in [1.29, 1.82) is 0 Å². The molecule has 0 unspecified atom stereocenters. The Morgan fingerprint density at radius 2 is 0.440 bits per heavy atom. The first kappa shape index (κ1) is 62.4. The van der Waals surface area contributed by atoms with E-state index in [0.29, 0.717) is 0 Å². The Morgan fingerprint density at radius 1 is 0.210 bits per heavy atom. The number of para-hydroxylation sites is 2. The standard InChI is InChI=1S/C98H76N2/c1-5-69-27-35-73(36-28-69)65-97(66-74-37-29-70(6-2)30-38-74)93-25-17-15-23-89(93)91-61-51-81(63-95(91)97)79-47-57-87(58-48-79)99(83-19-11-9-12-20-83)85-53-43-77(44-54-85)78-45-55-86(56-46-78)100(84-21-13-10-14-22-84)88-59-49-80(50-60-88)82-52-62-92-90-24-16-18-26-94(90)98(96(92)64-82,67-75-39-31-71(7-3)32-40-75)68-76-41-33-72(8-4)34-42-76/h5-64H,1-4,65-68H2. The van der Waals surface area contributed by atoms with Gasteiger partial charge in [-0.15, -0.1) is 0 Å². The van der Waals surface area contributed by atoms with Gasteiger partial charge in [-0.25, -0.2) is 0 Å². The van der Waals surface area contributed by atoms with E-state index in [4.69, 9.17) is 0 Å². The molecule has 0 aromatic heterocycles. The number of nitrogens with zero attached hydrogens (tertiary/aromatic N) is 2. The van der Waals surface area contributed by atoms with Crippen LogP contribution in [0.4, 0.5) is 34.1 Å². The molecule has 2 aliphatic carbocycles. The highest BCUT2D eigenvalue weighted by Gasteiger charge is 2.45. The summed E-state index contributed by atoms with van der Waals surface area (Å²) in [5.41, 5.74) is 33.3. The van der Waals surface area contributed by atoms with Gasteiger partial charge in [-0.05, 0) is 233 Å². The lowest BCUT2D eigenvalue weighted by molar-refractivity contribution is 0.520. The lowest BCUT2D eigenvalue weighted by Gasteiger charge is -2.33. The second kappa shape index (κ2) is 26.9. The summed E-state index contributed by atoms with van der Waals surface area (Å²) in [4.78, 5) is 4.71. The lowest BCUT2D eigenvalue weighted by Crippen LogP contribution is -2.31. The number of rotatable bonds is 21. The minimum atomic E-state index is -0.306. The van der Waals surface area contributed by atoms with Gasteiger partial charge in [0.05, 0.1) is 0 Å². The van der Waals surface area contributed by atoms with Gasteiger partial charge in [0.1, 0.15) is 0 Å². The molecule has 14 aromatic carbocycles. The van der Waals surface area contributed by atoms with E-state index in [2.05, 4.69) is 376 Å². The fraction of sp³-hybridized carbons (Fsp3) is 0.0612. The van der Waals surface area contributed by atoms with E-state index < -0.39 is 0 Å². The zero-order valence-corrected chi connectivity index (χ0v) is 56.2. The second-order valence-corrected chi connectivity index (χ2v) is 26.8. The van der Waals surface area contributed by atoms with Crippen LogP contribution in [0.5, 0.6) is 0 Å². The quantitative estimate of drug-likeness (QED) is 0.0707. The summed E-state index contributed by atoms with van der Waals surface area (Å²) in [6.07, 6.45) is 11.1. The Hall–Kier alpha value is -12.4. The average molecular weight is 1280 g/mol. The van der Waals surface area contributed by atoms with Crippen molar-refractivity contribution in [3.8, 4) is 55.6 Å². The SMILES string of the molecule is C=Cc1ccc(CC2(Cc3ccc(C=C)cc3)c3ccccc3-c3ccc(-c4ccc(N(c5ccccc5)c5ccc(-c6ccc(N(c7ccccc7)c7ccc(-c8ccc9c(c8)C(Cc8ccc(C=C)cc8)(Cc8ccc(C=C)cc8)c8ccccc8-9)cc7)cc6)cc5)cc4)cc32)cc1. The molecule has 0 fully saturated rings. The zero-order valence-electron chi connectivity index (χ0n) is 56.2. The van der Waals surface area contributed by atoms with Gasteiger partial charge in [0.25, 0.3) is 0 Å². The van der Waals surface area contributed by atoms with Gasteiger partial charge in [0.2, 0.25) is 0 Å². The first-order valence-corrected chi connectivity index (χ1v) is 34.7. The molecule has 0 atom stereocenters. The van der Waals surface area contributed by atoms with E-state index in [1.165, 1.54) is 89.0 Å². The van der Waals surface area contributed by atoms with Crippen molar-refractivity contribution >= 4 is 58.4 Å². The molecule has 478 valence electrons. The van der Waals surface area contributed by atoms with E-state index in [1.807, 2.05) is 24.3 Å². The third kappa shape index (κ3) is 11.8. The minimum absolute atomic E-state index is 0.306. The summed E-state index contributed by atoms with van der Waals surface area (Å²) in [6, 6.07) is 126. The highest BCUT2D eigenvalue weighted by Crippen LogP contribution is 2.56. The number of benzene rings is 14. The van der Waals surface area contributed by atoms with Crippen molar-refractivity contribution in [2.24, 2.45) is 0 Å². The molecule has 0 saturated heterocycles. The summed E-state index contributed by atoms with van der Waals surface area (Å²) in [5, 5.41) is 0. The van der Waals surface area contributed by atoms with Gasteiger partial charge in [-0.1, -0.05) is 305 Å². The van der Waals surface area contributed by atoms with Crippen molar-refractivity contribution < 1.29 is 0 Å². The number of hydrogen-bond donors (Lipinski definition) is 0. The molecule has 16 rings (SSSR count). The van der Waals surface area contributed by atoms with Crippen molar-refractivity contribution in [3.05, 3.63) is 433 Å². The molecule has 14 aromatic rings. The van der Waals surface area contributed by atoms with Gasteiger partial charge >= 0.3 is 0 Å². The van der Waals surface area contributed by atoms with Crippen LogP contribution in [0.1, 0.15) is 66.8 Å². The van der Waals surface area contributed by atoms with Crippen LogP contribution in [0.2, 0.25) is 0 Å². The summed E-state index contributed by atoms with van der Waals surface area (Å²) in [7, 11) is 0.